The lowest BCUT2D eigenvalue weighted by Crippen LogP contribution is -2.35. The zero-order valence-corrected chi connectivity index (χ0v) is 9.18. The Labute approximate surface area is 93.1 Å². The van der Waals surface area contributed by atoms with Crippen LogP contribution in [0.15, 0.2) is 0 Å². The molecule has 8 nitrogen and oxygen atoms in total. The van der Waals surface area contributed by atoms with E-state index in [0.717, 1.165) is 0 Å². The molecule has 0 saturated heterocycles. The molecule has 0 bridgehead atoms. The van der Waals surface area contributed by atoms with Crippen LogP contribution in [-0.4, -0.2) is 47.7 Å². The van der Waals surface area contributed by atoms with Crippen LogP contribution >= 0.6 is 22.6 Å². The van der Waals surface area contributed by atoms with E-state index in [9.17, 15) is 0 Å². The van der Waals surface area contributed by atoms with Gasteiger partial charge in [0.1, 0.15) is 12.2 Å². The first kappa shape index (κ1) is 12.5. The van der Waals surface area contributed by atoms with E-state index in [1.54, 1.807) is 0 Å². The maximum absolute atomic E-state index is 8.42. The highest BCUT2D eigenvalue weighted by atomic mass is 127. The quantitative estimate of drug-likeness (QED) is 0.334. The summed E-state index contributed by atoms with van der Waals surface area (Å²) in [5, 5.41) is 32.9. The molecule has 14 heavy (non-hydrogen) atoms. The maximum Gasteiger partial charge on any atom is 0.114 e. The summed E-state index contributed by atoms with van der Waals surface area (Å²) in [4.78, 5) is 9.12. The Morgan fingerprint density at radius 1 is 0.929 bits per heavy atom. The number of hydrogen-bond acceptors (Lipinski definition) is 8. The monoisotopic (exact) mass is 322 g/mol. The summed E-state index contributed by atoms with van der Waals surface area (Å²) in [5.41, 5.74) is 0. The van der Waals surface area contributed by atoms with Gasteiger partial charge in [-0.2, -0.15) is 0 Å². The highest BCUT2D eigenvalue weighted by Gasteiger charge is 2.37. The van der Waals surface area contributed by atoms with E-state index >= 15 is 0 Å². The van der Waals surface area contributed by atoms with Crippen LogP contribution in [0.1, 0.15) is 12.8 Å². The van der Waals surface area contributed by atoms with Crippen molar-refractivity contribution in [2.75, 3.05) is 0 Å². The highest BCUT2D eigenvalue weighted by molar-refractivity contribution is 14.1. The normalized spacial score (nSPS) is 33.2. The molecule has 4 N–H and O–H groups in total. The smallest absolute Gasteiger partial charge is 0.114 e. The van der Waals surface area contributed by atoms with Gasteiger partial charge < -0.3 is 0 Å². The first-order chi connectivity index (χ1) is 6.49. The Bertz CT molecular complexity index is 164. The summed E-state index contributed by atoms with van der Waals surface area (Å²) in [6, 6.07) is 0. The molecule has 84 valence electrons. The van der Waals surface area contributed by atoms with Gasteiger partial charge in [0, 0.05) is 3.92 Å². The largest absolute Gasteiger partial charge is 0.266 e. The van der Waals surface area contributed by atoms with Crippen LogP contribution in [0.5, 0.6) is 0 Å². The van der Waals surface area contributed by atoms with E-state index in [1.807, 2.05) is 0 Å². The van der Waals surface area contributed by atoms with Gasteiger partial charge in [-0.1, -0.05) is 22.6 Å². The number of alkyl halides is 1. The summed E-state index contributed by atoms with van der Waals surface area (Å²) in [6.07, 6.45) is -0.213. The van der Waals surface area contributed by atoms with Crippen molar-refractivity contribution >= 4 is 22.6 Å². The Morgan fingerprint density at radius 2 is 1.29 bits per heavy atom. The molecule has 0 radical (unpaired) electrons. The average Bonchev–Trinajstić information content (AvgIpc) is 2.28. The Morgan fingerprint density at radius 3 is 1.57 bits per heavy atom. The highest BCUT2D eigenvalue weighted by Crippen LogP contribution is 2.31. The number of halogens is 1. The van der Waals surface area contributed by atoms with Crippen LogP contribution in [0.2, 0.25) is 0 Å². The molecule has 1 fully saturated rings. The summed E-state index contributed by atoms with van der Waals surface area (Å²) < 4.78 is 0.211. The molecule has 0 aromatic rings. The second kappa shape index (κ2) is 5.48. The van der Waals surface area contributed by atoms with Crippen LogP contribution in [0.4, 0.5) is 0 Å². The second-order valence-electron chi connectivity index (χ2n) is 2.86. The molecular formula is C5H11IN2O6. The molecule has 1 aliphatic carbocycles. The number of hydrogen-bond donors (Lipinski definition) is 4. The zero-order chi connectivity index (χ0) is 10.7. The molecule has 9 heteroatoms. The van der Waals surface area contributed by atoms with E-state index in [1.165, 1.54) is 0 Å². The predicted molar refractivity (Wildman–Crippen MR) is 47.6 cm³/mol. The lowest BCUT2D eigenvalue weighted by atomic mass is 10.3. The van der Waals surface area contributed by atoms with Crippen LogP contribution in [0, 0.1) is 0 Å². The first-order valence-electron chi connectivity index (χ1n) is 3.82. The molecule has 0 aliphatic heterocycles. The Kier molecular flexibility index (Phi) is 4.89. The molecule has 0 aromatic heterocycles. The third-order valence-corrected chi connectivity index (χ3v) is 2.87. The standard InChI is InChI=1S/C5H11IN2O6/c6-3-1-4(13-7(9)10)5(2-3)14-8(11)12/h3-5,9-12H,1-2H2. The SMILES string of the molecule is ON(O)OC1CC(I)CC1ON(O)O. The summed E-state index contributed by atoms with van der Waals surface area (Å²) in [6.45, 7) is 0. The van der Waals surface area contributed by atoms with Crippen LogP contribution in [-0.2, 0) is 9.68 Å². The van der Waals surface area contributed by atoms with E-state index in [2.05, 4.69) is 32.3 Å². The van der Waals surface area contributed by atoms with Crippen molar-refractivity contribution in [1.82, 2.24) is 10.8 Å². The van der Waals surface area contributed by atoms with Gasteiger partial charge in [-0.3, -0.25) is 20.8 Å². The van der Waals surface area contributed by atoms with Crippen LogP contribution < -0.4 is 0 Å². The zero-order valence-electron chi connectivity index (χ0n) is 7.02. The molecule has 0 spiro atoms. The fourth-order valence-electron chi connectivity index (χ4n) is 1.37. The van der Waals surface area contributed by atoms with Crippen molar-refractivity contribution in [3.05, 3.63) is 0 Å². The van der Waals surface area contributed by atoms with Crippen molar-refractivity contribution < 1.29 is 30.5 Å². The molecule has 2 atom stereocenters. The van der Waals surface area contributed by atoms with Crippen molar-refractivity contribution in [3.63, 3.8) is 0 Å². The van der Waals surface area contributed by atoms with Gasteiger partial charge in [0.2, 0.25) is 0 Å². The summed E-state index contributed by atoms with van der Waals surface area (Å²) in [5.74, 6) is 0. The molecule has 0 aromatic carbocycles. The van der Waals surface area contributed by atoms with E-state index < -0.39 is 23.0 Å². The third-order valence-electron chi connectivity index (χ3n) is 1.85. The van der Waals surface area contributed by atoms with Crippen LogP contribution in [0.3, 0.4) is 0 Å². The lowest BCUT2D eigenvalue weighted by molar-refractivity contribution is -0.535. The van der Waals surface area contributed by atoms with E-state index in [-0.39, 0.29) is 3.92 Å². The Balaban J connectivity index is 2.45. The summed E-state index contributed by atoms with van der Waals surface area (Å²) >= 11 is 2.13. The van der Waals surface area contributed by atoms with Gasteiger partial charge in [-0.25, -0.2) is 9.68 Å². The fourth-order valence-corrected chi connectivity index (χ4v) is 2.37. The van der Waals surface area contributed by atoms with Crippen molar-refractivity contribution in [2.45, 2.75) is 29.0 Å². The minimum Gasteiger partial charge on any atom is -0.266 e. The summed E-state index contributed by atoms with van der Waals surface area (Å²) in [7, 11) is 0. The lowest BCUT2D eigenvalue weighted by Gasteiger charge is -2.20. The van der Waals surface area contributed by atoms with Crippen molar-refractivity contribution in [2.24, 2.45) is 0 Å². The fraction of sp³-hybridized carbons (Fsp3) is 1.00. The minimum atomic E-state index is -0.631. The molecular weight excluding hydrogens is 311 g/mol. The van der Waals surface area contributed by atoms with Gasteiger partial charge in [0.15, 0.2) is 0 Å². The van der Waals surface area contributed by atoms with Crippen molar-refractivity contribution in [3.8, 4) is 0 Å². The Hall–Kier alpha value is 0.410. The van der Waals surface area contributed by atoms with Gasteiger partial charge >= 0.3 is 0 Å². The second-order valence-corrected chi connectivity index (χ2v) is 4.62. The number of rotatable bonds is 4. The van der Waals surface area contributed by atoms with Gasteiger partial charge in [0.05, 0.1) is 10.8 Å². The average molecular weight is 322 g/mol. The molecule has 0 amide bonds. The topological polar surface area (TPSA) is 106 Å². The molecule has 1 saturated carbocycles. The van der Waals surface area contributed by atoms with E-state index in [0.29, 0.717) is 12.8 Å². The predicted octanol–water partition coefficient (Wildman–Crippen LogP) is 0.345. The molecule has 1 rings (SSSR count). The molecule has 2 unspecified atom stereocenters. The maximum atomic E-state index is 8.42. The van der Waals surface area contributed by atoms with Gasteiger partial charge in [-0.05, 0) is 12.8 Å². The van der Waals surface area contributed by atoms with E-state index in [4.69, 9.17) is 20.8 Å². The molecule has 1 aliphatic rings. The minimum absolute atomic E-state index is 0.211. The number of nitrogens with zero attached hydrogens (tertiary/aromatic N) is 2. The van der Waals surface area contributed by atoms with Crippen LogP contribution in [0.25, 0.3) is 0 Å². The van der Waals surface area contributed by atoms with Crippen molar-refractivity contribution in [1.29, 1.82) is 0 Å². The van der Waals surface area contributed by atoms with Gasteiger partial charge in [-0.15, -0.1) is 0 Å². The van der Waals surface area contributed by atoms with Gasteiger partial charge in [0.25, 0.3) is 0 Å². The first-order valence-corrected chi connectivity index (χ1v) is 5.07. The third kappa shape index (κ3) is 3.88. The molecule has 0 heterocycles.